The molecule has 0 bridgehead atoms. The highest BCUT2D eigenvalue weighted by molar-refractivity contribution is 7.20. The molecule has 4 nitrogen and oxygen atoms in total. The molecule has 0 aliphatic carbocycles. The van der Waals surface area contributed by atoms with Gasteiger partial charge in [-0.05, 0) is 12.1 Å². The zero-order chi connectivity index (χ0) is 19.4. The van der Waals surface area contributed by atoms with Gasteiger partial charge in [0.05, 0.1) is 5.02 Å². The maximum absolute atomic E-state index is 12.4. The summed E-state index contributed by atoms with van der Waals surface area (Å²) < 4.78 is 6.48. The number of benzene rings is 2. The highest BCUT2D eigenvalue weighted by Crippen LogP contribution is 2.36. The molecule has 3 aromatic rings. The predicted molar refractivity (Wildman–Crippen MR) is 110 cm³/mol. The normalized spacial score (nSPS) is 12.3. The number of hydrogen-bond acceptors (Lipinski definition) is 4. The largest absolute Gasteiger partial charge is 0.444 e. The Morgan fingerprint density at radius 3 is 2.41 bits per heavy atom. The topological polar surface area (TPSA) is 46.6 Å². The Labute approximate surface area is 166 Å². The first-order valence-electron chi connectivity index (χ1n) is 8.29. The summed E-state index contributed by atoms with van der Waals surface area (Å²) in [5.41, 5.74) is 0.623. The summed E-state index contributed by atoms with van der Waals surface area (Å²) >= 11 is 7.87. The van der Waals surface area contributed by atoms with E-state index >= 15 is 0 Å². The summed E-state index contributed by atoms with van der Waals surface area (Å²) in [4.78, 5) is 26.9. The molecule has 1 atom stereocenters. The summed E-state index contributed by atoms with van der Waals surface area (Å²) in [7, 11) is 3.25. The van der Waals surface area contributed by atoms with Crippen molar-refractivity contribution in [1.82, 2.24) is 4.90 Å². The number of nitrogens with zero attached hydrogens (tertiary/aromatic N) is 1. The number of likely N-dealkylation sites (N-methyl/N-ethyl adjacent to an activating group) is 1. The Morgan fingerprint density at radius 2 is 1.74 bits per heavy atom. The molecule has 0 aliphatic rings. The summed E-state index contributed by atoms with van der Waals surface area (Å²) in [5.74, 6) is -0.907. The number of fused-ring (bicyclic) bond motifs is 1. The number of hydrogen-bond donors (Lipinski definition) is 0. The molecule has 2 aromatic carbocycles. The second-order valence-electron chi connectivity index (χ2n) is 6.07. The van der Waals surface area contributed by atoms with Crippen molar-refractivity contribution in [2.24, 2.45) is 0 Å². The smallest absolute Gasteiger partial charge is 0.331 e. The average molecular weight is 400 g/mol. The van der Waals surface area contributed by atoms with E-state index in [0.29, 0.717) is 10.6 Å². The van der Waals surface area contributed by atoms with Crippen LogP contribution >= 0.6 is 22.9 Å². The van der Waals surface area contributed by atoms with Crippen LogP contribution < -0.4 is 0 Å². The van der Waals surface area contributed by atoms with Crippen LogP contribution in [0.3, 0.4) is 0 Å². The molecule has 27 heavy (non-hydrogen) atoms. The summed E-state index contributed by atoms with van der Waals surface area (Å²) in [6, 6.07) is 16.7. The fourth-order valence-corrected chi connectivity index (χ4v) is 3.96. The standard InChI is InChI=1S/C21H18ClNO3S/c1-23(2)21(25)20(14-8-4-3-5-9-14)26-18(24)13-12-17-19(22)15-10-6-7-11-16(15)27-17/h3-13,20H,1-2H3/b13-12+/t20-/m0/s1. The highest BCUT2D eigenvalue weighted by atomic mass is 35.5. The molecule has 3 rings (SSSR count). The molecular formula is C21H18ClNO3S. The monoisotopic (exact) mass is 399 g/mol. The third-order valence-electron chi connectivity index (χ3n) is 3.93. The van der Waals surface area contributed by atoms with Crippen molar-refractivity contribution < 1.29 is 14.3 Å². The molecule has 0 saturated heterocycles. The number of thiophene rings is 1. The van der Waals surface area contributed by atoms with E-state index in [1.807, 2.05) is 30.3 Å². The molecule has 0 spiro atoms. The van der Waals surface area contributed by atoms with Crippen molar-refractivity contribution in [2.45, 2.75) is 6.10 Å². The summed E-state index contributed by atoms with van der Waals surface area (Å²) in [6.45, 7) is 0. The second-order valence-corrected chi connectivity index (χ2v) is 7.53. The van der Waals surface area contributed by atoms with Gasteiger partial charge in [-0.3, -0.25) is 4.79 Å². The quantitative estimate of drug-likeness (QED) is 0.451. The van der Waals surface area contributed by atoms with Gasteiger partial charge in [-0.1, -0.05) is 60.1 Å². The summed E-state index contributed by atoms with van der Waals surface area (Å²) in [5, 5.41) is 1.55. The number of carbonyl (C=O) groups excluding carboxylic acids is 2. The highest BCUT2D eigenvalue weighted by Gasteiger charge is 2.25. The van der Waals surface area contributed by atoms with Crippen LogP contribution in [0.15, 0.2) is 60.7 Å². The van der Waals surface area contributed by atoms with Gasteiger partial charge in [0.1, 0.15) is 0 Å². The van der Waals surface area contributed by atoms with Gasteiger partial charge in [-0.25, -0.2) is 4.79 Å². The summed E-state index contributed by atoms with van der Waals surface area (Å²) in [6.07, 6.45) is 1.93. The lowest BCUT2D eigenvalue weighted by atomic mass is 10.1. The fraction of sp³-hybridized carbons (Fsp3) is 0.143. The van der Waals surface area contributed by atoms with E-state index in [9.17, 15) is 9.59 Å². The minimum Gasteiger partial charge on any atom is -0.444 e. The van der Waals surface area contributed by atoms with Gasteiger partial charge in [0.2, 0.25) is 6.10 Å². The Bertz CT molecular complexity index is 995. The molecule has 1 heterocycles. The average Bonchev–Trinajstić information content (AvgIpc) is 3.00. The van der Waals surface area contributed by atoms with Crippen LogP contribution in [0.1, 0.15) is 16.5 Å². The van der Waals surface area contributed by atoms with Crippen LogP contribution in [0.25, 0.3) is 16.2 Å². The minimum atomic E-state index is -0.990. The maximum Gasteiger partial charge on any atom is 0.331 e. The Hall–Kier alpha value is -2.63. The van der Waals surface area contributed by atoms with Crippen molar-refractivity contribution in [3.8, 4) is 0 Å². The molecule has 0 aliphatic heterocycles. The molecule has 1 amide bonds. The van der Waals surface area contributed by atoms with Gasteiger partial charge < -0.3 is 9.64 Å². The van der Waals surface area contributed by atoms with Crippen LogP contribution in [0, 0.1) is 0 Å². The van der Waals surface area contributed by atoms with Gasteiger partial charge in [-0.15, -0.1) is 11.3 Å². The van der Waals surface area contributed by atoms with E-state index in [-0.39, 0.29) is 5.91 Å². The number of carbonyl (C=O) groups is 2. The zero-order valence-electron chi connectivity index (χ0n) is 14.9. The van der Waals surface area contributed by atoms with Gasteiger partial charge in [-0.2, -0.15) is 0 Å². The SMILES string of the molecule is CN(C)C(=O)[C@@H](OC(=O)/C=C/c1sc2ccccc2c1Cl)c1ccccc1. The van der Waals surface area contributed by atoms with Gasteiger partial charge in [0, 0.05) is 40.7 Å². The van der Waals surface area contributed by atoms with Crippen molar-refractivity contribution in [2.75, 3.05) is 14.1 Å². The van der Waals surface area contributed by atoms with E-state index in [1.54, 1.807) is 44.4 Å². The van der Waals surface area contributed by atoms with Crippen LogP contribution in [0.4, 0.5) is 0 Å². The lowest BCUT2D eigenvalue weighted by Gasteiger charge is -2.20. The van der Waals surface area contributed by atoms with Crippen LogP contribution in [0.2, 0.25) is 5.02 Å². The zero-order valence-corrected chi connectivity index (χ0v) is 16.5. The van der Waals surface area contributed by atoms with Crippen molar-refractivity contribution >= 4 is 51.0 Å². The Kier molecular flexibility index (Phi) is 5.94. The molecule has 0 radical (unpaired) electrons. The van der Waals surface area contributed by atoms with E-state index < -0.39 is 12.1 Å². The van der Waals surface area contributed by atoms with E-state index in [1.165, 1.54) is 22.3 Å². The van der Waals surface area contributed by atoms with E-state index in [0.717, 1.165) is 15.0 Å². The number of amides is 1. The van der Waals surface area contributed by atoms with Crippen LogP contribution in [-0.4, -0.2) is 30.9 Å². The maximum atomic E-state index is 12.4. The predicted octanol–water partition coefficient (Wildman–Crippen LogP) is 4.94. The number of esters is 1. The number of halogens is 1. The molecule has 138 valence electrons. The van der Waals surface area contributed by atoms with Crippen LogP contribution in [0.5, 0.6) is 0 Å². The van der Waals surface area contributed by atoms with Gasteiger partial charge in [0.15, 0.2) is 0 Å². The molecule has 6 heteroatoms. The first-order chi connectivity index (χ1) is 13.0. The first kappa shape index (κ1) is 19.1. The van der Waals surface area contributed by atoms with Crippen molar-refractivity contribution in [1.29, 1.82) is 0 Å². The minimum absolute atomic E-state index is 0.303. The van der Waals surface area contributed by atoms with E-state index in [4.69, 9.17) is 16.3 Å². The first-order valence-corrected chi connectivity index (χ1v) is 9.48. The van der Waals surface area contributed by atoms with Crippen molar-refractivity contribution in [3.63, 3.8) is 0 Å². The van der Waals surface area contributed by atoms with Gasteiger partial charge >= 0.3 is 5.97 Å². The Balaban J connectivity index is 1.80. The number of ether oxygens (including phenoxy) is 1. The molecular weight excluding hydrogens is 382 g/mol. The van der Waals surface area contributed by atoms with Gasteiger partial charge in [0.25, 0.3) is 5.91 Å². The second kappa shape index (κ2) is 8.37. The molecule has 0 N–H and O–H groups in total. The third kappa shape index (κ3) is 4.38. The molecule has 0 saturated carbocycles. The molecule has 0 fully saturated rings. The fourth-order valence-electron chi connectivity index (χ4n) is 2.56. The molecule has 1 aromatic heterocycles. The molecule has 0 unspecified atom stereocenters. The lowest BCUT2D eigenvalue weighted by molar-refractivity contribution is -0.155. The third-order valence-corrected chi connectivity index (χ3v) is 5.59. The Morgan fingerprint density at radius 1 is 1.07 bits per heavy atom. The number of rotatable bonds is 5. The van der Waals surface area contributed by atoms with E-state index in [2.05, 4.69) is 0 Å². The van der Waals surface area contributed by atoms with Crippen molar-refractivity contribution in [3.05, 3.63) is 76.1 Å². The lowest BCUT2D eigenvalue weighted by Crippen LogP contribution is -2.30. The van der Waals surface area contributed by atoms with Crippen LogP contribution in [-0.2, 0) is 14.3 Å².